The molecule has 1 heterocycles. The molecular formula is C15H21FN2S. The van der Waals surface area contributed by atoms with Crippen LogP contribution in [0.15, 0.2) is 18.2 Å². The first-order chi connectivity index (χ1) is 9.24. The lowest BCUT2D eigenvalue weighted by Crippen LogP contribution is -2.38. The second-order valence-electron chi connectivity index (χ2n) is 5.53. The maximum absolute atomic E-state index is 14.2. The summed E-state index contributed by atoms with van der Waals surface area (Å²) in [7, 11) is 0. The number of hydrogen-bond acceptors (Lipinski definition) is 3. The molecule has 1 aromatic rings. The van der Waals surface area contributed by atoms with Crippen molar-refractivity contribution < 1.29 is 4.39 Å². The molecule has 1 aliphatic heterocycles. The molecule has 0 bridgehead atoms. The predicted molar refractivity (Wildman–Crippen MR) is 80.4 cm³/mol. The Labute approximate surface area is 118 Å². The molecule has 1 atom stereocenters. The van der Waals surface area contributed by atoms with Gasteiger partial charge in [0.05, 0.1) is 5.69 Å². The summed E-state index contributed by atoms with van der Waals surface area (Å²) in [5.41, 5.74) is 1.92. The summed E-state index contributed by atoms with van der Waals surface area (Å²) in [5.74, 6) is 1.01. The topological polar surface area (TPSA) is 15.3 Å². The third-order valence-corrected chi connectivity index (χ3v) is 4.92. The number of nitrogens with one attached hydrogen (secondary N) is 1. The Morgan fingerprint density at radius 3 is 3.00 bits per heavy atom. The van der Waals surface area contributed by atoms with E-state index in [1.54, 1.807) is 6.07 Å². The summed E-state index contributed by atoms with van der Waals surface area (Å²) in [5, 5.41) is 4.07. The van der Waals surface area contributed by atoms with Crippen LogP contribution in [-0.4, -0.2) is 30.1 Å². The molecule has 0 aromatic heterocycles. The van der Waals surface area contributed by atoms with Gasteiger partial charge in [-0.2, -0.15) is 11.8 Å². The fourth-order valence-corrected chi connectivity index (χ4v) is 3.63. The monoisotopic (exact) mass is 280 g/mol. The second kappa shape index (κ2) is 5.71. The van der Waals surface area contributed by atoms with Gasteiger partial charge < -0.3 is 10.2 Å². The van der Waals surface area contributed by atoms with E-state index in [0.717, 1.165) is 36.6 Å². The maximum atomic E-state index is 14.2. The van der Waals surface area contributed by atoms with Gasteiger partial charge in [-0.05, 0) is 24.5 Å². The van der Waals surface area contributed by atoms with E-state index < -0.39 is 0 Å². The second-order valence-corrected chi connectivity index (χ2v) is 7.08. The highest BCUT2D eigenvalue weighted by Crippen LogP contribution is 2.30. The minimum Gasteiger partial charge on any atom is -0.367 e. The lowest BCUT2D eigenvalue weighted by molar-refractivity contribution is 0.607. The van der Waals surface area contributed by atoms with Crippen LogP contribution in [-0.2, 0) is 6.54 Å². The quantitative estimate of drug-likeness (QED) is 0.912. The molecular weight excluding hydrogens is 259 g/mol. The van der Waals surface area contributed by atoms with Crippen LogP contribution in [0, 0.1) is 5.82 Å². The number of thioether (sulfide) groups is 1. The Kier molecular flexibility index (Phi) is 3.99. The van der Waals surface area contributed by atoms with E-state index in [1.807, 2.05) is 17.8 Å². The summed E-state index contributed by atoms with van der Waals surface area (Å²) >= 11 is 1.98. The van der Waals surface area contributed by atoms with Gasteiger partial charge in [0.25, 0.3) is 0 Å². The molecule has 2 aliphatic rings. The Balaban J connectivity index is 1.80. The lowest BCUT2D eigenvalue weighted by Gasteiger charge is -2.34. The molecule has 1 N–H and O–H groups in total. The highest BCUT2D eigenvalue weighted by molar-refractivity contribution is 8.00. The Bertz CT molecular complexity index is 448. The minimum absolute atomic E-state index is 0.0748. The fraction of sp³-hybridized carbons (Fsp3) is 0.600. The average Bonchev–Trinajstić information content (AvgIpc) is 3.20. The van der Waals surface area contributed by atoms with Gasteiger partial charge in [-0.1, -0.05) is 19.1 Å². The normalized spacial score (nSPS) is 23.7. The summed E-state index contributed by atoms with van der Waals surface area (Å²) in [6, 6.07) is 6.12. The summed E-state index contributed by atoms with van der Waals surface area (Å²) in [6.07, 6.45) is 2.53. The van der Waals surface area contributed by atoms with Crippen molar-refractivity contribution in [3.05, 3.63) is 29.6 Å². The van der Waals surface area contributed by atoms with Gasteiger partial charge in [-0.15, -0.1) is 0 Å². The highest BCUT2D eigenvalue weighted by Gasteiger charge is 2.24. The van der Waals surface area contributed by atoms with Crippen LogP contribution in [0.4, 0.5) is 10.1 Å². The highest BCUT2D eigenvalue weighted by atomic mass is 32.2. The molecule has 0 spiro atoms. The summed E-state index contributed by atoms with van der Waals surface area (Å²) in [6.45, 7) is 4.91. The van der Waals surface area contributed by atoms with Gasteiger partial charge in [0.15, 0.2) is 0 Å². The minimum atomic E-state index is -0.0748. The number of rotatable bonds is 4. The molecule has 1 aliphatic carbocycles. The SMILES string of the molecule is CC1CN(c2c(F)cccc2CNC2CC2)CCS1. The van der Waals surface area contributed by atoms with Crippen molar-refractivity contribution in [1.82, 2.24) is 5.32 Å². The van der Waals surface area contributed by atoms with E-state index in [-0.39, 0.29) is 5.82 Å². The molecule has 2 nitrogen and oxygen atoms in total. The average molecular weight is 280 g/mol. The first-order valence-electron chi connectivity index (χ1n) is 7.11. The first kappa shape index (κ1) is 13.3. The van der Waals surface area contributed by atoms with E-state index in [9.17, 15) is 4.39 Å². The number of anilines is 1. The van der Waals surface area contributed by atoms with E-state index in [2.05, 4.69) is 23.2 Å². The van der Waals surface area contributed by atoms with E-state index in [1.165, 1.54) is 12.8 Å². The fourth-order valence-electron chi connectivity index (χ4n) is 2.62. The lowest BCUT2D eigenvalue weighted by atomic mass is 10.1. The van der Waals surface area contributed by atoms with Crippen LogP contribution < -0.4 is 10.2 Å². The summed E-state index contributed by atoms with van der Waals surface area (Å²) < 4.78 is 14.2. The molecule has 1 aromatic carbocycles. The molecule has 19 heavy (non-hydrogen) atoms. The smallest absolute Gasteiger partial charge is 0.146 e. The van der Waals surface area contributed by atoms with Crippen molar-refractivity contribution in [2.24, 2.45) is 0 Å². The molecule has 0 radical (unpaired) electrons. The number of hydrogen-bond donors (Lipinski definition) is 1. The van der Waals surface area contributed by atoms with Crippen LogP contribution in [0.3, 0.4) is 0 Å². The van der Waals surface area contributed by atoms with E-state index in [4.69, 9.17) is 0 Å². The standard InChI is InChI=1S/C15H21FN2S/c1-11-10-18(7-8-19-11)15-12(3-2-4-14(15)16)9-17-13-5-6-13/h2-4,11,13,17H,5-10H2,1H3. The van der Waals surface area contributed by atoms with Gasteiger partial charge in [-0.25, -0.2) is 4.39 Å². The number of para-hydroxylation sites is 1. The summed E-state index contributed by atoms with van der Waals surface area (Å²) in [4.78, 5) is 2.22. The van der Waals surface area contributed by atoms with Crippen molar-refractivity contribution in [3.8, 4) is 0 Å². The molecule has 4 heteroatoms. The molecule has 104 valence electrons. The van der Waals surface area contributed by atoms with Crippen LogP contribution in [0.25, 0.3) is 0 Å². The van der Waals surface area contributed by atoms with E-state index >= 15 is 0 Å². The molecule has 1 unspecified atom stereocenters. The Morgan fingerprint density at radius 1 is 1.42 bits per heavy atom. The largest absolute Gasteiger partial charge is 0.367 e. The molecule has 1 saturated carbocycles. The van der Waals surface area contributed by atoms with Crippen LogP contribution in [0.2, 0.25) is 0 Å². The third-order valence-electron chi connectivity index (χ3n) is 3.79. The van der Waals surface area contributed by atoms with Crippen molar-refractivity contribution in [1.29, 1.82) is 0 Å². The molecule has 1 saturated heterocycles. The van der Waals surface area contributed by atoms with E-state index in [0.29, 0.717) is 11.3 Å². The van der Waals surface area contributed by atoms with Gasteiger partial charge >= 0.3 is 0 Å². The zero-order valence-corrected chi connectivity index (χ0v) is 12.2. The van der Waals surface area contributed by atoms with Gasteiger partial charge in [-0.3, -0.25) is 0 Å². The predicted octanol–water partition coefficient (Wildman–Crippen LogP) is 3.02. The van der Waals surface area contributed by atoms with Crippen LogP contribution in [0.1, 0.15) is 25.3 Å². The van der Waals surface area contributed by atoms with Crippen LogP contribution in [0.5, 0.6) is 0 Å². The number of benzene rings is 1. The zero-order valence-electron chi connectivity index (χ0n) is 11.4. The number of halogens is 1. The van der Waals surface area contributed by atoms with Gasteiger partial charge in [0.2, 0.25) is 0 Å². The Hall–Kier alpha value is -0.740. The van der Waals surface area contributed by atoms with Crippen LogP contribution >= 0.6 is 11.8 Å². The van der Waals surface area contributed by atoms with Crippen molar-refractivity contribution in [2.75, 3.05) is 23.7 Å². The van der Waals surface area contributed by atoms with Crippen molar-refractivity contribution >= 4 is 17.4 Å². The van der Waals surface area contributed by atoms with Gasteiger partial charge in [0, 0.05) is 36.7 Å². The zero-order chi connectivity index (χ0) is 13.2. The maximum Gasteiger partial charge on any atom is 0.146 e. The number of nitrogens with zero attached hydrogens (tertiary/aromatic N) is 1. The molecule has 0 amide bonds. The third kappa shape index (κ3) is 3.23. The van der Waals surface area contributed by atoms with Gasteiger partial charge in [0.1, 0.15) is 5.82 Å². The van der Waals surface area contributed by atoms with Crippen molar-refractivity contribution in [2.45, 2.75) is 37.6 Å². The first-order valence-corrected chi connectivity index (χ1v) is 8.16. The Morgan fingerprint density at radius 2 is 2.26 bits per heavy atom. The molecule has 2 fully saturated rings. The molecule has 3 rings (SSSR count). The van der Waals surface area contributed by atoms with Crippen molar-refractivity contribution in [3.63, 3.8) is 0 Å².